The van der Waals surface area contributed by atoms with Gasteiger partial charge in [-0.3, -0.25) is 4.79 Å². The molecule has 6 nitrogen and oxygen atoms in total. The van der Waals surface area contributed by atoms with Crippen molar-refractivity contribution in [1.29, 1.82) is 0 Å². The van der Waals surface area contributed by atoms with Crippen LogP contribution >= 0.6 is 0 Å². The Balaban J connectivity index is 1.95. The fraction of sp³-hybridized carbons (Fsp3) is 0.867. The number of nitrogens with zero attached hydrogens (tertiary/aromatic N) is 1. The molecule has 0 aliphatic carbocycles. The van der Waals surface area contributed by atoms with Gasteiger partial charge in [0.25, 0.3) is 0 Å². The Morgan fingerprint density at radius 3 is 2.62 bits per heavy atom. The molecule has 0 bridgehead atoms. The number of rotatable bonds is 9. The summed E-state index contributed by atoms with van der Waals surface area (Å²) in [5.41, 5.74) is 0. The Labute approximate surface area is 127 Å². The molecular weight excluding hydrogens is 270 g/mol. The summed E-state index contributed by atoms with van der Waals surface area (Å²) >= 11 is 0. The van der Waals surface area contributed by atoms with Gasteiger partial charge in [-0.2, -0.15) is 0 Å². The van der Waals surface area contributed by atoms with Gasteiger partial charge in [-0.25, -0.2) is 4.79 Å². The Bertz CT molecular complexity index is 323. The molecule has 1 rings (SSSR count). The Morgan fingerprint density at radius 2 is 1.90 bits per heavy atom. The highest BCUT2D eigenvalue weighted by Crippen LogP contribution is 2.13. The van der Waals surface area contributed by atoms with Crippen LogP contribution in [0.1, 0.15) is 51.4 Å². The molecule has 2 amide bonds. The minimum absolute atomic E-state index is 0.0977. The smallest absolute Gasteiger partial charge is 0.314 e. The number of hydrogen-bond acceptors (Lipinski definition) is 3. The summed E-state index contributed by atoms with van der Waals surface area (Å²) < 4.78 is 0. The third kappa shape index (κ3) is 8.55. The van der Waals surface area contributed by atoms with Crippen LogP contribution in [-0.2, 0) is 4.79 Å². The SMILES string of the molecule is CN1CCCCC1CNC(=O)NCCCCCCC(=O)O. The average molecular weight is 299 g/mol. The average Bonchev–Trinajstić information content (AvgIpc) is 2.45. The maximum absolute atomic E-state index is 11.7. The molecule has 1 heterocycles. The molecule has 122 valence electrons. The number of urea groups is 1. The van der Waals surface area contributed by atoms with Gasteiger partial charge < -0.3 is 20.6 Å². The molecule has 1 atom stereocenters. The first-order chi connectivity index (χ1) is 10.1. The minimum Gasteiger partial charge on any atom is -0.481 e. The molecule has 0 spiro atoms. The Hall–Kier alpha value is -1.30. The highest BCUT2D eigenvalue weighted by Gasteiger charge is 2.18. The van der Waals surface area contributed by atoms with E-state index in [2.05, 4.69) is 22.6 Å². The topological polar surface area (TPSA) is 81.7 Å². The van der Waals surface area contributed by atoms with Crippen molar-refractivity contribution in [3.05, 3.63) is 0 Å². The monoisotopic (exact) mass is 299 g/mol. The molecular formula is C15H29N3O3. The first-order valence-electron chi connectivity index (χ1n) is 8.03. The summed E-state index contributed by atoms with van der Waals surface area (Å²) in [7, 11) is 2.11. The van der Waals surface area contributed by atoms with Crippen molar-refractivity contribution >= 4 is 12.0 Å². The van der Waals surface area contributed by atoms with Gasteiger partial charge in [0, 0.05) is 25.6 Å². The largest absolute Gasteiger partial charge is 0.481 e. The van der Waals surface area contributed by atoms with Gasteiger partial charge in [-0.05, 0) is 39.3 Å². The molecule has 1 fully saturated rings. The summed E-state index contributed by atoms with van der Waals surface area (Å²) in [5.74, 6) is -0.736. The maximum Gasteiger partial charge on any atom is 0.314 e. The number of aliphatic carboxylic acids is 1. The van der Waals surface area contributed by atoms with E-state index < -0.39 is 5.97 Å². The van der Waals surface area contributed by atoms with E-state index >= 15 is 0 Å². The second-order valence-electron chi connectivity index (χ2n) is 5.82. The van der Waals surface area contributed by atoms with Crippen molar-refractivity contribution in [2.45, 2.75) is 57.4 Å². The lowest BCUT2D eigenvalue weighted by atomic mass is 10.0. The molecule has 0 saturated carbocycles. The summed E-state index contributed by atoms with van der Waals surface area (Å²) in [4.78, 5) is 24.3. The highest BCUT2D eigenvalue weighted by molar-refractivity contribution is 5.73. The van der Waals surface area contributed by atoms with Crippen LogP contribution in [0, 0.1) is 0 Å². The van der Waals surface area contributed by atoms with E-state index in [1.165, 1.54) is 12.8 Å². The van der Waals surface area contributed by atoms with Crippen molar-refractivity contribution < 1.29 is 14.7 Å². The lowest BCUT2D eigenvalue weighted by Gasteiger charge is -2.32. The number of hydrogen-bond donors (Lipinski definition) is 3. The number of carbonyl (C=O) groups excluding carboxylic acids is 1. The highest BCUT2D eigenvalue weighted by atomic mass is 16.4. The summed E-state index contributed by atoms with van der Waals surface area (Å²) in [5, 5.41) is 14.3. The maximum atomic E-state index is 11.7. The van der Waals surface area contributed by atoms with E-state index in [1.54, 1.807) is 0 Å². The zero-order valence-electron chi connectivity index (χ0n) is 13.1. The van der Waals surface area contributed by atoms with Gasteiger partial charge in [0.05, 0.1) is 0 Å². The lowest BCUT2D eigenvalue weighted by molar-refractivity contribution is -0.137. The molecule has 1 saturated heterocycles. The van der Waals surface area contributed by atoms with Crippen molar-refractivity contribution in [3.8, 4) is 0 Å². The van der Waals surface area contributed by atoms with E-state index in [0.717, 1.165) is 38.6 Å². The number of carboxylic acids is 1. The molecule has 1 aliphatic rings. The van der Waals surface area contributed by atoms with Gasteiger partial charge in [0.15, 0.2) is 0 Å². The van der Waals surface area contributed by atoms with Gasteiger partial charge in [0.2, 0.25) is 0 Å². The first-order valence-corrected chi connectivity index (χ1v) is 8.03. The van der Waals surface area contributed by atoms with E-state index in [-0.39, 0.29) is 12.5 Å². The van der Waals surface area contributed by atoms with Crippen LogP contribution in [0.5, 0.6) is 0 Å². The number of unbranched alkanes of at least 4 members (excludes halogenated alkanes) is 3. The summed E-state index contributed by atoms with van der Waals surface area (Å²) in [6.07, 6.45) is 7.37. The predicted molar refractivity (Wildman–Crippen MR) is 82.4 cm³/mol. The molecule has 3 N–H and O–H groups in total. The summed E-state index contributed by atoms with van der Waals surface area (Å²) in [6.45, 7) is 2.48. The lowest BCUT2D eigenvalue weighted by Crippen LogP contribution is -2.47. The quantitative estimate of drug-likeness (QED) is 0.567. The third-order valence-corrected chi connectivity index (χ3v) is 4.02. The van der Waals surface area contributed by atoms with Crippen LogP contribution in [0.15, 0.2) is 0 Å². The van der Waals surface area contributed by atoms with Crippen LogP contribution in [0.3, 0.4) is 0 Å². The Morgan fingerprint density at radius 1 is 1.14 bits per heavy atom. The van der Waals surface area contributed by atoms with Gasteiger partial charge in [-0.1, -0.05) is 19.3 Å². The van der Waals surface area contributed by atoms with Gasteiger partial charge in [-0.15, -0.1) is 0 Å². The standard InChI is InChI=1S/C15H29N3O3/c1-18-11-7-5-8-13(18)12-17-15(21)16-10-6-3-2-4-9-14(19)20/h13H,2-12H2,1H3,(H,19,20)(H2,16,17,21). The predicted octanol–water partition coefficient (Wildman–Crippen LogP) is 1.80. The molecule has 0 aromatic rings. The van der Waals surface area contributed by atoms with E-state index in [9.17, 15) is 9.59 Å². The van der Waals surface area contributed by atoms with Gasteiger partial charge >= 0.3 is 12.0 Å². The molecule has 0 radical (unpaired) electrons. The fourth-order valence-electron chi connectivity index (χ4n) is 2.63. The number of piperidine rings is 1. The van der Waals surface area contributed by atoms with E-state index in [1.807, 2.05) is 0 Å². The van der Waals surface area contributed by atoms with Crippen LogP contribution in [0.4, 0.5) is 4.79 Å². The third-order valence-electron chi connectivity index (χ3n) is 4.02. The Kier molecular flexibility index (Phi) is 8.82. The van der Waals surface area contributed by atoms with Crippen LogP contribution in [0.2, 0.25) is 0 Å². The number of likely N-dealkylation sites (N-methyl/N-ethyl adjacent to an activating group) is 1. The zero-order chi connectivity index (χ0) is 15.5. The fourth-order valence-corrected chi connectivity index (χ4v) is 2.63. The second kappa shape index (κ2) is 10.4. The van der Waals surface area contributed by atoms with Crippen molar-refractivity contribution in [3.63, 3.8) is 0 Å². The molecule has 0 aromatic carbocycles. The number of amides is 2. The molecule has 6 heteroatoms. The number of nitrogens with one attached hydrogen (secondary N) is 2. The van der Waals surface area contributed by atoms with Crippen LogP contribution in [-0.4, -0.2) is 54.7 Å². The van der Waals surface area contributed by atoms with Crippen LogP contribution < -0.4 is 10.6 Å². The van der Waals surface area contributed by atoms with E-state index in [4.69, 9.17) is 5.11 Å². The minimum atomic E-state index is -0.736. The van der Waals surface area contributed by atoms with Crippen molar-refractivity contribution in [2.75, 3.05) is 26.7 Å². The van der Waals surface area contributed by atoms with Crippen LogP contribution in [0.25, 0.3) is 0 Å². The number of likely N-dealkylation sites (tertiary alicyclic amines) is 1. The number of carboxylic acid groups (broad SMARTS) is 1. The molecule has 1 aliphatic heterocycles. The summed E-state index contributed by atoms with van der Waals surface area (Å²) in [6, 6.07) is 0.361. The zero-order valence-corrected chi connectivity index (χ0v) is 13.1. The molecule has 1 unspecified atom stereocenters. The van der Waals surface area contributed by atoms with E-state index in [0.29, 0.717) is 19.1 Å². The van der Waals surface area contributed by atoms with Gasteiger partial charge in [0.1, 0.15) is 0 Å². The first kappa shape index (κ1) is 17.8. The van der Waals surface area contributed by atoms with Crippen molar-refractivity contribution in [1.82, 2.24) is 15.5 Å². The molecule has 21 heavy (non-hydrogen) atoms. The number of carbonyl (C=O) groups is 2. The second-order valence-corrected chi connectivity index (χ2v) is 5.82. The normalized spacial score (nSPS) is 19.2. The molecule has 0 aromatic heterocycles. The van der Waals surface area contributed by atoms with Crippen molar-refractivity contribution in [2.24, 2.45) is 0 Å².